The number of nitrogens with zero attached hydrogens (tertiary/aromatic N) is 2. The van der Waals surface area contributed by atoms with Crippen molar-refractivity contribution in [1.82, 2.24) is 14.7 Å². The molecule has 2 aromatic carbocycles. The highest BCUT2D eigenvalue weighted by Gasteiger charge is 2.09. The Bertz CT molecular complexity index is 1290. The molecule has 0 unspecified atom stereocenters. The van der Waals surface area contributed by atoms with Crippen LogP contribution in [0.4, 0.5) is 5.69 Å². The molecule has 0 fully saturated rings. The number of imidazole rings is 1. The summed E-state index contributed by atoms with van der Waals surface area (Å²) in [6.45, 7) is 6.46. The van der Waals surface area contributed by atoms with Gasteiger partial charge in [-0.05, 0) is 60.5 Å². The first-order valence-electron chi connectivity index (χ1n) is 11.2. The monoisotopic (exact) mass is 456 g/mol. The second kappa shape index (κ2) is 10.2. The van der Waals surface area contributed by atoms with E-state index >= 15 is 0 Å². The number of amides is 2. The number of benzene rings is 2. The van der Waals surface area contributed by atoms with Crippen LogP contribution in [0.25, 0.3) is 5.65 Å². The third kappa shape index (κ3) is 5.61. The molecular formula is C27H28N4O3. The summed E-state index contributed by atoms with van der Waals surface area (Å²) < 4.78 is 7.82. The molecule has 34 heavy (non-hydrogen) atoms. The molecule has 0 aliphatic carbocycles. The van der Waals surface area contributed by atoms with Gasteiger partial charge in [-0.1, -0.05) is 32.0 Å². The number of fused-ring (bicyclic) bond motifs is 1. The van der Waals surface area contributed by atoms with Crippen molar-refractivity contribution in [3.63, 3.8) is 0 Å². The standard InChI is InChI=1S/C27H28N4O3/c1-18(2)26(32)30-22-10-6-20(7-11-22)15-28-27(33)21-8-12-24(13-9-21)34-17-23-16-31-14-4-5-19(3)25(31)29-23/h4-14,16,18H,15,17H2,1-3H3,(H,28,33)(H,30,32). The van der Waals surface area contributed by atoms with Gasteiger partial charge in [0.05, 0.1) is 5.69 Å². The van der Waals surface area contributed by atoms with Crippen LogP contribution in [0.3, 0.4) is 0 Å². The number of ether oxygens (including phenoxy) is 1. The van der Waals surface area contributed by atoms with Crippen LogP contribution in [0.2, 0.25) is 0 Å². The summed E-state index contributed by atoms with van der Waals surface area (Å²) in [6.07, 6.45) is 3.92. The first-order chi connectivity index (χ1) is 16.4. The van der Waals surface area contributed by atoms with Gasteiger partial charge in [0, 0.05) is 36.1 Å². The number of pyridine rings is 1. The summed E-state index contributed by atoms with van der Waals surface area (Å²) in [5.41, 5.74) is 5.10. The summed E-state index contributed by atoms with van der Waals surface area (Å²) in [5.74, 6) is 0.400. The van der Waals surface area contributed by atoms with Crippen LogP contribution in [0, 0.1) is 12.8 Å². The highest BCUT2D eigenvalue weighted by atomic mass is 16.5. The van der Waals surface area contributed by atoms with Gasteiger partial charge in [-0.3, -0.25) is 9.59 Å². The molecule has 2 heterocycles. The largest absolute Gasteiger partial charge is 0.487 e. The van der Waals surface area contributed by atoms with Gasteiger partial charge >= 0.3 is 0 Å². The quantitative estimate of drug-likeness (QED) is 0.401. The molecule has 7 nitrogen and oxygen atoms in total. The third-order valence-electron chi connectivity index (χ3n) is 5.43. The summed E-state index contributed by atoms with van der Waals surface area (Å²) in [7, 11) is 0. The number of hydrogen-bond acceptors (Lipinski definition) is 4. The van der Waals surface area contributed by atoms with Gasteiger partial charge in [0.1, 0.15) is 18.0 Å². The lowest BCUT2D eigenvalue weighted by molar-refractivity contribution is -0.118. The minimum absolute atomic E-state index is 0.0260. The second-order valence-electron chi connectivity index (χ2n) is 8.49. The molecule has 0 bridgehead atoms. The summed E-state index contributed by atoms with van der Waals surface area (Å²) in [4.78, 5) is 28.9. The number of carbonyl (C=O) groups is 2. The van der Waals surface area contributed by atoms with E-state index in [1.165, 1.54) is 0 Å². The molecule has 0 aliphatic rings. The molecule has 0 saturated carbocycles. The van der Waals surface area contributed by atoms with E-state index in [1.54, 1.807) is 24.3 Å². The molecule has 0 aliphatic heterocycles. The fraction of sp³-hybridized carbons (Fsp3) is 0.222. The minimum atomic E-state index is -0.167. The molecule has 0 spiro atoms. The van der Waals surface area contributed by atoms with Crippen LogP contribution < -0.4 is 15.4 Å². The van der Waals surface area contributed by atoms with Gasteiger partial charge < -0.3 is 19.8 Å². The van der Waals surface area contributed by atoms with E-state index in [-0.39, 0.29) is 17.7 Å². The van der Waals surface area contributed by atoms with Gasteiger partial charge in [-0.25, -0.2) is 4.98 Å². The van der Waals surface area contributed by atoms with Crippen LogP contribution in [0.1, 0.15) is 41.0 Å². The predicted molar refractivity (Wildman–Crippen MR) is 132 cm³/mol. The van der Waals surface area contributed by atoms with Crippen molar-refractivity contribution in [2.24, 2.45) is 5.92 Å². The van der Waals surface area contributed by atoms with Crippen LogP contribution in [0.5, 0.6) is 5.75 Å². The van der Waals surface area contributed by atoms with Crippen LogP contribution >= 0.6 is 0 Å². The normalized spacial score (nSPS) is 10.9. The fourth-order valence-corrected chi connectivity index (χ4v) is 3.41. The Labute approximate surface area is 198 Å². The average molecular weight is 457 g/mol. The van der Waals surface area contributed by atoms with Crippen molar-refractivity contribution >= 4 is 23.1 Å². The van der Waals surface area contributed by atoms with Gasteiger partial charge in [-0.15, -0.1) is 0 Å². The second-order valence-corrected chi connectivity index (χ2v) is 8.49. The fourth-order valence-electron chi connectivity index (χ4n) is 3.41. The Kier molecular flexibility index (Phi) is 6.92. The number of rotatable bonds is 8. The number of anilines is 1. The number of aryl methyl sites for hydroxylation is 1. The van der Waals surface area contributed by atoms with Crippen molar-refractivity contribution in [3.05, 3.63) is 95.4 Å². The minimum Gasteiger partial charge on any atom is -0.487 e. The van der Waals surface area contributed by atoms with Gasteiger partial charge in [0.25, 0.3) is 5.91 Å². The molecule has 2 aromatic heterocycles. The highest BCUT2D eigenvalue weighted by Crippen LogP contribution is 2.16. The van der Waals surface area contributed by atoms with Gasteiger partial charge in [-0.2, -0.15) is 0 Å². The number of hydrogen-bond donors (Lipinski definition) is 2. The lowest BCUT2D eigenvalue weighted by atomic mass is 10.1. The summed E-state index contributed by atoms with van der Waals surface area (Å²) in [6, 6.07) is 18.5. The van der Waals surface area contributed by atoms with Gasteiger partial charge in [0.15, 0.2) is 0 Å². The first-order valence-corrected chi connectivity index (χ1v) is 11.2. The molecule has 174 valence electrons. The Morgan fingerprint density at radius 3 is 2.44 bits per heavy atom. The topological polar surface area (TPSA) is 84.7 Å². The lowest BCUT2D eigenvalue weighted by Crippen LogP contribution is -2.22. The Balaban J connectivity index is 1.28. The third-order valence-corrected chi connectivity index (χ3v) is 5.43. The lowest BCUT2D eigenvalue weighted by Gasteiger charge is -2.10. The Morgan fingerprint density at radius 2 is 1.76 bits per heavy atom. The molecule has 2 N–H and O–H groups in total. The first kappa shape index (κ1) is 23.0. The molecule has 4 aromatic rings. The Morgan fingerprint density at radius 1 is 1.03 bits per heavy atom. The van der Waals surface area contributed by atoms with E-state index in [2.05, 4.69) is 15.6 Å². The van der Waals surface area contributed by atoms with Crippen molar-refractivity contribution < 1.29 is 14.3 Å². The van der Waals surface area contributed by atoms with Crippen LogP contribution in [-0.2, 0) is 17.9 Å². The van der Waals surface area contributed by atoms with Crippen LogP contribution in [-0.4, -0.2) is 21.2 Å². The number of carbonyl (C=O) groups excluding carboxylic acids is 2. The number of aromatic nitrogens is 2. The smallest absolute Gasteiger partial charge is 0.251 e. The molecule has 0 saturated heterocycles. The van der Waals surface area contributed by atoms with E-state index in [9.17, 15) is 9.59 Å². The van der Waals surface area contributed by atoms with E-state index in [1.807, 2.05) is 74.0 Å². The highest BCUT2D eigenvalue weighted by molar-refractivity contribution is 5.94. The summed E-state index contributed by atoms with van der Waals surface area (Å²) >= 11 is 0. The van der Waals surface area contributed by atoms with E-state index < -0.39 is 0 Å². The zero-order valence-corrected chi connectivity index (χ0v) is 19.5. The van der Waals surface area contributed by atoms with Crippen molar-refractivity contribution in [3.8, 4) is 5.75 Å². The molecule has 0 atom stereocenters. The SMILES string of the molecule is Cc1cccn2cc(COc3ccc(C(=O)NCc4ccc(NC(=O)C(C)C)cc4)cc3)nc12. The van der Waals surface area contributed by atoms with E-state index in [0.29, 0.717) is 24.5 Å². The van der Waals surface area contributed by atoms with E-state index in [4.69, 9.17) is 4.74 Å². The van der Waals surface area contributed by atoms with Crippen molar-refractivity contribution in [1.29, 1.82) is 0 Å². The summed E-state index contributed by atoms with van der Waals surface area (Å²) in [5, 5.41) is 5.76. The maximum atomic E-state index is 12.5. The molecule has 7 heteroatoms. The zero-order valence-electron chi connectivity index (χ0n) is 19.5. The zero-order chi connectivity index (χ0) is 24.1. The molecule has 4 rings (SSSR count). The molecule has 2 amide bonds. The maximum Gasteiger partial charge on any atom is 0.251 e. The van der Waals surface area contributed by atoms with Gasteiger partial charge in [0.2, 0.25) is 5.91 Å². The number of nitrogens with one attached hydrogen (secondary N) is 2. The Hall–Kier alpha value is -4.13. The van der Waals surface area contributed by atoms with Crippen LogP contribution in [0.15, 0.2) is 73.1 Å². The van der Waals surface area contributed by atoms with Crippen molar-refractivity contribution in [2.75, 3.05) is 5.32 Å². The van der Waals surface area contributed by atoms with E-state index in [0.717, 1.165) is 28.2 Å². The molecule has 0 radical (unpaired) electrons. The van der Waals surface area contributed by atoms with Crippen molar-refractivity contribution in [2.45, 2.75) is 33.9 Å². The average Bonchev–Trinajstić information content (AvgIpc) is 3.27. The maximum absolute atomic E-state index is 12.5. The predicted octanol–water partition coefficient (Wildman–Crippen LogP) is 4.75. The molecular weight excluding hydrogens is 428 g/mol.